The lowest BCUT2D eigenvalue weighted by molar-refractivity contribution is -0.122. The highest BCUT2D eigenvalue weighted by Gasteiger charge is 2.35. The van der Waals surface area contributed by atoms with Crippen molar-refractivity contribution in [3.8, 4) is 0 Å². The van der Waals surface area contributed by atoms with Gasteiger partial charge in [0.15, 0.2) is 0 Å². The Kier molecular flexibility index (Phi) is 5.82. The predicted molar refractivity (Wildman–Crippen MR) is 100 cm³/mol. The van der Waals surface area contributed by atoms with Crippen LogP contribution in [0.5, 0.6) is 0 Å². The van der Waals surface area contributed by atoms with E-state index in [1.54, 1.807) is 6.20 Å². The van der Waals surface area contributed by atoms with Gasteiger partial charge >= 0.3 is 0 Å². The number of rotatable bonds is 7. The van der Waals surface area contributed by atoms with Crippen LogP contribution in [-0.2, 0) is 16.8 Å². The van der Waals surface area contributed by atoms with Crippen molar-refractivity contribution in [2.45, 2.75) is 37.6 Å². The summed E-state index contributed by atoms with van der Waals surface area (Å²) in [6.45, 7) is 1.86. The molecule has 4 nitrogen and oxygen atoms in total. The second kappa shape index (κ2) is 8.26. The van der Waals surface area contributed by atoms with Crippen molar-refractivity contribution in [2.75, 3.05) is 20.1 Å². The Morgan fingerprint density at radius 2 is 1.92 bits per heavy atom. The summed E-state index contributed by atoms with van der Waals surface area (Å²) in [4.78, 5) is 18.6. The van der Waals surface area contributed by atoms with Crippen LogP contribution in [0.4, 0.5) is 0 Å². The molecule has 0 bridgehead atoms. The standard InChI is InChI=1S/C21H27N3O/c1-24(15-18-8-7-13-22-14-18)16-20(25)23-17-21(11-5-6-12-21)19-9-3-2-4-10-19/h2-4,7-10,13-14H,5-6,11-12,15-17H2,1H3,(H,23,25). The zero-order valence-corrected chi connectivity index (χ0v) is 14.9. The number of carbonyl (C=O) groups is 1. The minimum absolute atomic E-state index is 0.0913. The number of nitrogens with one attached hydrogen (secondary N) is 1. The summed E-state index contributed by atoms with van der Waals surface area (Å²) in [5, 5.41) is 3.18. The molecule has 132 valence electrons. The first-order valence-corrected chi connectivity index (χ1v) is 9.08. The van der Waals surface area contributed by atoms with Gasteiger partial charge in [0.05, 0.1) is 6.54 Å². The van der Waals surface area contributed by atoms with Gasteiger partial charge in [-0.3, -0.25) is 14.7 Å². The minimum atomic E-state index is 0.0913. The van der Waals surface area contributed by atoms with Crippen LogP contribution in [0, 0.1) is 0 Å². The van der Waals surface area contributed by atoms with E-state index in [1.807, 2.05) is 30.3 Å². The van der Waals surface area contributed by atoms with Crippen LogP contribution in [-0.4, -0.2) is 35.9 Å². The van der Waals surface area contributed by atoms with Gasteiger partial charge in [0.25, 0.3) is 0 Å². The van der Waals surface area contributed by atoms with E-state index in [0.29, 0.717) is 6.54 Å². The Morgan fingerprint density at radius 3 is 2.60 bits per heavy atom. The number of hydrogen-bond acceptors (Lipinski definition) is 3. The number of likely N-dealkylation sites (N-methyl/N-ethyl adjacent to an activating group) is 1. The maximum absolute atomic E-state index is 12.4. The topological polar surface area (TPSA) is 45.2 Å². The first kappa shape index (κ1) is 17.6. The third-order valence-electron chi connectivity index (χ3n) is 5.16. The molecule has 1 aliphatic carbocycles. The molecule has 0 spiro atoms. The largest absolute Gasteiger partial charge is 0.354 e. The highest BCUT2D eigenvalue weighted by Crippen LogP contribution is 2.40. The first-order chi connectivity index (χ1) is 12.2. The lowest BCUT2D eigenvalue weighted by atomic mass is 9.79. The van der Waals surface area contributed by atoms with Gasteiger partial charge in [-0.1, -0.05) is 49.2 Å². The van der Waals surface area contributed by atoms with Crippen LogP contribution in [0.2, 0.25) is 0 Å². The zero-order valence-electron chi connectivity index (χ0n) is 14.9. The quantitative estimate of drug-likeness (QED) is 0.844. The van der Waals surface area contributed by atoms with Gasteiger partial charge in [-0.25, -0.2) is 0 Å². The molecule has 0 atom stereocenters. The van der Waals surface area contributed by atoms with Gasteiger partial charge < -0.3 is 5.32 Å². The molecular formula is C21H27N3O. The van der Waals surface area contributed by atoms with Gasteiger partial charge in [-0.05, 0) is 37.1 Å². The molecule has 25 heavy (non-hydrogen) atoms. The molecular weight excluding hydrogens is 310 g/mol. The lowest BCUT2D eigenvalue weighted by Crippen LogP contribution is -2.42. The molecule has 1 aromatic carbocycles. The fraction of sp³-hybridized carbons (Fsp3) is 0.429. The number of hydrogen-bond donors (Lipinski definition) is 1. The van der Waals surface area contributed by atoms with Crippen LogP contribution < -0.4 is 5.32 Å². The average Bonchev–Trinajstić information content (AvgIpc) is 3.12. The van der Waals surface area contributed by atoms with Crippen molar-refractivity contribution in [1.29, 1.82) is 0 Å². The summed E-state index contributed by atoms with van der Waals surface area (Å²) in [6, 6.07) is 14.6. The fourth-order valence-corrected chi connectivity index (χ4v) is 3.84. The Hall–Kier alpha value is -2.20. The Balaban J connectivity index is 1.54. The molecule has 1 aromatic heterocycles. The van der Waals surface area contributed by atoms with Crippen molar-refractivity contribution in [3.05, 3.63) is 66.0 Å². The smallest absolute Gasteiger partial charge is 0.234 e. The van der Waals surface area contributed by atoms with E-state index in [4.69, 9.17) is 0 Å². The van der Waals surface area contributed by atoms with E-state index < -0.39 is 0 Å². The normalized spacial score (nSPS) is 16.1. The van der Waals surface area contributed by atoms with Gasteiger partial charge in [-0.15, -0.1) is 0 Å². The third-order valence-corrected chi connectivity index (χ3v) is 5.16. The third kappa shape index (κ3) is 4.67. The molecule has 1 saturated carbocycles. The summed E-state index contributed by atoms with van der Waals surface area (Å²) in [6.07, 6.45) is 8.40. The van der Waals surface area contributed by atoms with E-state index in [2.05, 4.69) is 40.6 Å². The van der Waals surface area contributed by atoms with Crippen molar-refractivity contribution >= 4 is 5.91 Å². The summed E-state index contributed by atoms with van der Waals surface area (Å²) in [5.41, 5.74) is 2.59. The minimum Gasteiger partial charge on any atom is -0.354 e. The van der Waals surface area contributed by atoms with Gasteiger partial charge in [0.1, 0.15) is 0 Å². The number of amides is 1. The Bertz CT molecular complexity index is 666. The maximum Gasteiger partial charge on any atom is 0.234 e. The predicted octanol–water partition coefficient (Wildman–Crippen LogP) is 3.14. The van der Waals surface area contributed by atoms with Crippen LogP contribution in [0.25, 0.3) is 0 Å². The maximum atomic E-state index is 12.4. The number of nitrogens with zero attached hydrogens (tertiary/aromatic N) is 2. The van der Waals surface area contributed by atoms with E-state index in [-0.39, 0.29) is 11.3 Å². The molecule has 0 unspecified atom stereocenters. The number of carbonyl (C=O) groups excluding carboxylic acids is 1. The van der Waals surface area contributed by atoms with Crippen LogP contribution >= 0.6 is 0 Å². The second-order valence-corrected chi connectivity index (χ2v) is 7.16. The highest BCUT2D eigenvalue weighted by molar-refractivity contribution is 5.78. The highest BCUT2D eigenvalue weighted by atomic mass is 16.2. The molecule has 0 saturated heterocycles. The van der Waals surface area contributed by atoms with Gasteiger partial charge in [0, 0.05) is 30.9 Å². The Labute approximate surface area is 150 Å². The number of benzene rings is 1. The summed E-state index contributed by atoms with van der Waals surface area (Å²) in [5.74, 6) is 0.0913. The molecule has 1 heterocycles. The average molecular weight is 337 g/mol. The fourth-order valence-electron chi connectivity index (χ4n) is 3.84. The number of aromatic nitrogens is 1. The van der Waals surface area contributed by atoms with Gasteiger partial charge in [0.2, 0.25) is 5.91 Å². The van der Waals surface area contributed by atoms with E-state index >= 15 is 0 Å². The molecule has 0 radical (unpaired) electrons. The summed E-state index contributed by atoms with van der Waals surface area (Å²) in [7, 11) is 1.97. The van der Waals surface area contributed by atoms with Gasteiger partial charge in [-0.2, -0.15) is 0 Å². The monoisotopic (exact) mass is 337 g/mol. The molecule has 2 aromatic rings. The first-order valence-electron chi connectivity index (χ1n) is 9.08. The van der Waals surface area contributed by atoms with Crippen LogP contribution in [0.15, 0.2) is 54.9 Å². The van der Waals surface area contributed by atoms with Crippen molar-refractivity contribution in [1.82, 2.24) is 15.2 Å². The summed E-state index contributed by atoms with van der Waals surface area (Å²) < 4.78 is 0. The molecule has 1 aliphatic rings. The Morgan fingerprint density at radius 1 is 1.16 bits per heavy atom. The molecule has 1 N–H and O–H groups in total. The summed E-state index contributed by atoms with van der Waals surface area (Å²) >= 11 is 0. The molecule has 1 amide bonds. The van der Waals surface area contributed by atoms with Crippen molar-refractivity contribution in [2.24, 2.45) is 0 Å². The van der Waals surface area contributed by atoms with E-state index in [0.717, 1.165) is 31.5 Å². The SMILES string of the molecule is CN(CC(=O)NCC1(c2ccccc2)CCCC1)Cc1cccnc1. The molecule has 4 heteroatoms. The molecule has 3 rings (SSSR count). The molecule has 0 aliphatic heterocycles. The van der Waals surface area contributed by atoms with E-state index in [1.165, 1.54) is 18.4 Å². The lowest BCUT2D eigenvalue weighted by Gasteiger charge is -2.30. The van der Waals surface area contributed by atoms with Crippen molar-refractivity contribution in [3.63, 3.8) is 0 Å². The number of pyridine rings is 1. The molecule has 1 fully saturated rings. The van der Waals surface area contributed by atoms with Crippen LogP contribution in [0.1, 0.15) is 36.8 Å². The zero-order chi connectivity index (χ0) is 17.5. The van der Waals surface area contributed by atoms with Crippen molar-refractivity contribution < 1.29 is 4.79 Å². The second-order valence-electron chi connectivity index (χ2n) is 7.16. The van der Waals surface area contributed by atoms with Crippen LogP contribution in [0.3, 0.4) is 0 Å². The van der Waals surface area contributed by atoms with E-state index in [9.17, 15) is 4.79 Å².